The number of benzene rings is 1. The molecule has 2 rings (SSSR count). The summed E-state index contributed by atoms with van der Waals surface area (Å²) in [5, 5.41) is 8.85. The van der Waals surface area contributed by atoms with E-state index >= 15 is 0 Å². The van der Waals surface area contributed by atoms with Crippen molar-refractivity contribution in [3.8, 4) is 11.3 Å². The molecule has 0 spiro atoms. The first kappa shape index (κ1) is 12.8. The number of nitrogens with one attached hydrogen (secondary N) is 1. The summed E-state index contributed by atoms with van der Waals surface area (Å²) in [7, 11) is 0. The molecule has 3 nitrogen and oxygen atoms in total. The summed E-state index contributed by atoms with van der Waals surface area (Å²) in [6.07, 6.45) is 1.54. The molecule has 0 saturated carbocycles. The lowest BCUT2D eigenvalue weighted by atomic mass is 10.0. The highest BCUT2D eigenvalue weighted by Crippen LogP contribution is 2.25. The quantitative estimate of drug-likeness (QED) is 0.868. The van der Waals surface area contributed by atoms with Gasteiger partial charge in [-0.05, 0) is 32.8 Å². The van der Waals surface area contributed by atoms with Crippen molar-refractivity contribution >= 4 is 0 Å². The maximum Gasteiger partial charge on any atom is 0.107 e. The molecule has 0 aliphatic heterocycles. The largest absolute Gasteiger partial charge is 0.396 e. The van der Waals surface area contributed by atoms with E-state index in [2.05, 4.69) is 42.0 Å². The first-order chi connectivity index (χ1) is 8.61. The number of aromatic nitrogens is 2. The van der Waals surface area contributed by atoms with Crippen molar-refractivity contribution in [1.29, 1.82) is 0 Å². The zero-order chi connectivity index (χ0) is 13.1. The van der Waals surface area contributed by atoms with Crippen LogP contribution in [0.3, 0.4) is 0 Å². The van der Waals surface area contributed by atoms with Gasteiger partial charge in [0.05, 0.1) is 5.69 Å². The van der Waals surface area contributed by atoms with Gasteiger partial charge in [-0.3, -0.25) is 0 Å². The highest BCUT2D eigenvalue weighted by molar-refractivity contribution is 5.66. The van der Waals surface area contributed by atoms with Crippen molar-refractivity contribution in [2.45, 2.75) is 33.6 Å². The van der Waals surface area contributed by atoms with E-state index in [0.29, 0.717) is 0 Å². The van der Waals surface area contributed by atoms with E-state index in [1.54, 1.807) is 0 Å². The zero-order valence-electron chi connectivity index (χ0n) is 11.2. The van der Waals surface area contributed by atoms with Crippen LogP contribution in [0, 0.1) is 20.8 Å². The normalized spacial score (nSPS) is 10.9. The Morgan fingerprint density at radius 2 is 2.00 bits per heavy atom. The minimum atomic E-state index is 0.207. The Labute approximate surface area is 108 Å². The minimum Gasteiger partial charge on any atom is -0.396 e. The molecule has 0 bridgehead atoms. The van der Waals surface area contributed by atoms with Gasteiger partial charge in [0.2, 0.25) is 0 Å². The molecule has 0 aliphatic carbocycles. The molecule has 0 aliphatic rings. The van der Waals surface area contributed by atoms with Crippen molar-refractivity contribution in [2.75, 3.05) is 6.61 Å². The number of imidazole rings is 1. The maximum absolute atomic E-state index is 8.85. The van der Waals surface area contributed by atoms with Crippen molar-refractivity contribution in [1.82, 2.24) is 9.97 Å². The highest BCUT2D eigenvalue weighted by Gasteiger charge is 2.10. The van der Waals surface area contributed by atoms with Crippen LogP contribution in [-0.4, -0.2) is 21.7 Å². The molecule has 1 heterocycles. The fourth-order valence-corrected chi connectivity index (χ4v) is 2.23. The van der Waals surface area contributed by atoms with Crippen LogP contribution in [0.15, 0.2) is 18.2 Å². The third kappa shape index (κ3) is 2.62. The van der Waals surface area contributed by atoms with Gasteiger partial charge in [-0.25, -0.2) is 4.98 Å². The van der Waals surface area contributed by atoms with E-state index in [9.17, 15) is 0 Å². The molecule has 0 unspecified atom stereocenters. The molecular weight excluding hydrogens is 224 g/mol. The zero-order valence-corrected chi connectivity index (χ0v) is 11.2. The smallest absolute Gasteiger partial charge is 0.107 e. The van der Waals surface area contributed by atoms with E-state index in [1.807, 2.05) is 6.92 Å². The second kappa shape index (κ2) is 5.36. The lowest BCUT2D eigenvalue weighted by Crippen LogP contribution is -1.91. The van der Waals surface area contributed by atoms with Crippen LogP contribution in [0.1, 0.15) is 29.1 Å². The number of hydrogen-bond acceptors (Lipinski definition) is 2. The van der Waals surface area contributed by atoms with Crippen LogP contribution in [-0.2, 0) is 6.42 Å². The van der Waals surface area contributed by atoms with E-state index in [1.165, 1.54) is 16.7 Å². The van der Waals surface area contributed by atoms with Gasteiger partial charge in [0.1, 0.15) is 5.82 Å². The molecule has 0 atom stereocenters. The maximum atomic E-state index is 8.85. The van der Waals surface area contributed by atoms with Crippen LogP contribution in [0.5, 0.6) is 0 Å². The second-order valence-corrected chi connectivity index (χ2v) is 4.80. The number of rotatable bonds is 4. The third-order valence-electron chi connectivity index (χ3n) is 3.14. The molecule has 2 aromatic rings. The molecule has 1 aromatic carbocycles. The predicted molar refractivity (Wildman–Crippen MR) is 73.6 cm³/mol. The van der Waals surface area contributed by atoms with Gasteiger partial charge in [-0.2, -0.15) is 0 Å². The SMILES string of the molecule is Cc1ccc(-c2nc(CCCO)[nH]c2C)c(C)c1. The molecule has 0 amide bonds. The Hall–Kier alpha value is -1.61. The Kier molecular flexibility index (Phi) is 3.82. The topological polar surface area (TPSA) is 48.9 Å². The number of H-pyrrole nitrogens is 1. The molecule has 1 aromatic heterocycles. The lowest BCUT2D eigenvalue weighted by Gasteiger charge is -2.04. The Bertz CT molecular complexity index is 543. The van der Waals surface area contributed by atoms with Gasteiger partial charge in [0.15, 0.2) is 0 Å². The molecular formula is C15H20N2O. The minimum absolute atomic E-state index is 0.207. The number of aromatic amines is 1. The Morgan fingerprint density at radius 3 is 2.67 bits per heavy atom. The summed E-state index contributed by atoms with van der Waals surface area (Å²) in [5.41, 5.74) is 5.82. The Morgan fingerprint density at radius 1 is 1.22 bits per heavy atom. The number of aliphatic hydroxyl groups is 1. The Balaban J connectivity index is 2.35. The van der Waals surface area contributed by atoms with Crippen molar-refractivity contribution in [2.24, 2.45) is 0 Å². The molecule has 18 heavy (non-hydrogen) atoms. The number of nitrogens with zero attached hydrogens (tertiary/aromatic N) is 1. The number of hydrogen-bond donors (Lipinski definition) is 2. The van der Waals surface area contributed by atoms with Gasteiger partial charge in [0, 0.05) is 24.3 Å². The fraction of sp³-hybridized carbons (Fsp3) is 0.400. The van der Waals surface area contributed by atoms with Crippen molar-refractivity contribution < 1.29 is 5.11 Å². The summed E-state index contributed by atoms with van der Waals surface area (Å²) in [4.78, 5) is 7.94. The monoisotopic (exact) mass is 244 g/mol. The van der Waals surface area contributed by atoms with Crippen LogP contribution in [0.25, 0.3) is 11.3 Å². The molecule has 0 radical (unpaired) electrons. The highest BCUT2D eigenvalue weighted by atomic mass is 16.2. The van der Waals surface area contributed by atoms with Crippen molar-refractivity contribution in [3.05, 3.63) is 40.8 Å². The summed E-state index contributed by atoms with van der Waals surface area (Å²) < 4.78 is 0. The molecule has 0 saturated heterocycles. The van der Waals surface area contributed by atoms with Gasteiger partial charge in [-0.15, -0.1) is 0 Å². The fourth-order valence-electron chi connectivity index (χ4n) is 2.23. The molecule has 96 valence electrons. The van der Waals surface area contributed by atoms with E-state index in [4.69, 9.17) is 5.11 Å². The van der Waals surface area contributed by atoms with Crippen LogP contribution < -0.4 is 0 Å². The molecule has 2 N–H and O–H groups in total. The summed E-state index contributed by atoms with van der Waals surface area (Å²) in [5.74, 6) is 0.955. The molecule has 3 heteroatoms. The number of aryl methyl sites for hydroxylation is 4. The summed E-state index contributed by atoms with van der Waals surface area (Å²) >= 11 is 0. The predicted octanol–water partition coefficient (Wildman–Crippen LogP) is 2.93. The first-order valence-electron chi connectivity index (χ1n) is 6.36. The lowest BCUT2D eigenvalue weighted by molar-refractivity contribution is 0.287. The average molecular weight is 244 g/mol. The van der Waals surface area contributed by atoms with E-state index in [0.717, 1.165) is 30.1 Å². The van der Waals surface area contributed by atoms with Gasteiger partial charge in [-0.1, -0.05) is 23.8 Å². The summed E-state index contributed by atoms with van der Waals surface area (Å²) in [6, 6.07) is 6.42. The molecule has 0 fully saturated rings. The third-order valence-corrected chi connectivity index (χ3v) is 3.14. The van der Waals surface area contributed by atoms with Crippen LogP contribution in [0.4, 0.5) is 0 Å². The standard InChI is InChI=1S/C15H20N2O/c1-10-6-7-13(11(2)9-10)15-12(3)16-14(17-15)5-4-8-18/h6-7,9,18H,4-5,8H2,1-3H3,(H,16,17). The van der Waals surface area contributed by atoms with E-state index in [-0.39, 0.29) is 6.61 Å². The van der Waals surface area contributed by atoms with Crippen LogP contribution in [0.2, 0.25) is 0 Å². The van der Waals surface area contributed by atoms with Gasteiger partial charge < -0.3 is 10.1 Å². The summed E-state index contributed by atoms with van der Waals surface area (Å²) in [6.45, 7) is 6.47. The van der Waals surface area contributed by atoms with Gasteiger partial charge >= 0.3 is 0 Å². The average Bonchev–Trinajstić information content (AvgIpc) is 2.68. The first-order valence-corrected chi connectivity index (χ1v) is 6.36. The van der Waals surface area contributed by atoms with Crippen LogP contribution >= 0.6 is 0 Å². The number of aliphatic hydroxyl groups excluding tert-OH is 1. The van der Waals surface area contributed by atoms with Crippen molar-refractivity contribution in [3.63, 3.8) is 0 Å². The van der Waals surface area contributed by atoms with E-state index < -0.39 is 0 Å². The second-order valence-electron chi connectivity index (χ2n) is 4.80. The van der Waals surface area contributed by atoms with Gasteiger partial charge in [0.25, 0.3) is 0 Å².